The van der Waals surface area contributed by atoms with Gasteiger partial charge in [-0.25, -0.2) is 0 Å². The predicted octanol–water partition coefficient (Wildman–Crippen LogP) is 10.6. The summed E-state index contributed by atoms with van der Waals surface area (Å²) in [6.45, 7) is 24.9. The van der Waals surface area contributed by atoms with Crippen LogP contribution in [-0.2, 0) is 28.6 Å². The van der Waals surface area contributed by atoms with Gasteiger partial charge >= 0.3 is 17.9 Å². The molecule has 2 aromatic rings. The molecule has 2 saturated carbocycles. The van der Waals surface area contributed by atoms with Crippen molar-refractivity contribution in [3.8, 4) is 0 Å². The number of aromatic nitrogens is 2. The largest absolute Gasteiger partial charge is 0.469 e. The van der Waals surface area contributed by atoms with E-state index in [1.54, 1.807) is 0 Å². The molecule has 56 heavy (non-hydrogen) atoms. The summed E-state index contributed by atoms with van der Waals surface area (Å²) in [6.07, 6.45) is 9.43. The van der Waals surface area contributed by atoms with Crippen LogP contribution >= 0.6 is 0 Å². The van der Waals surface area contributed by atoms with Crippen LogP contribution in [0, 0.1) is 22.7 Å². The van der Waals surface area contributed by atoms with Gasteiger partial charge < -0.3 is 28.4 Å². The first-order chi connectivity index (χ1) is 25.8. The lowest BCUT2D eigenvalue weighted by molar-refractivity contribution is -0.156. The number of aliphatic hydroxyl groups excluding tert-OH is 1. The Balaban J connectivity index is 0.000000301. The number of rotatable bonds is 16. The topological polar surface area (TPSA) is 151 Å². The van der Waals surface area contributed by atoms with E-state index in [1.807, 2.05) is 53.7 Å². The minimum atomic E-state index is -0.551. The molecule has 0 radical (unpaired) electrons. The minimum Gasteiger partial charge on any atom is -0.469 e. The normalized spacial score (nSPS) is 21.1. The monoisotopic (exact) mass is 787 g/mol. The number of aliphatic hydroxyl groups is 1. The van der Waals surface area contributed by atoms with E-state index >= 15 is 0 Å². The molecule has 0 unspecified atom stereocenters. The van der Waals surface area contributed by atoms with Crippen molar-refractivity contribution in [2.45, 2.75) is 195 Å². The van der Waals surface area contributed by atoms with Gasteiger partial charge in [-0.3, -0.25) is 14.4 Å². The molecule has 2 atom stereocenters. The lowest BCUT2D eigenvalue weighted by Crippen LogP contribution is -2.26. The fourth-order valence-electron chi connectivity index (χ4n) is 7.99. The summed E-state index contributed by atoms with van der Waals surface area (Å²) in [6, 6.07) is 3.98. The van der Waals surface area contributed by atoms with Crippen LogP contribution in [0.15, 0.2) is 21.2 Å². The van der Waals surface area contributed by atoms with Crippen molar-refractivity contribution >= 4 is 17.9 Å². The zero-order valence-electron chi connectivity index (χ0n) is 36.9. The fraction of sp³-hybridized carbons (Fsp3) is 0.800. The molecule has 318 valence electrons. The second kappa shape index (κ2) is 20.0. The molecule has 4 rings (SSSR count). The van der Waals surface area contributed by atoms with Crippen molar-refractivity contribution in [3.05, 3.63) is 35.0 Å². The first-order valence-corrected chi connectivity index (χ1v) is 20.9. The van der Waals surface area contributed by atoms with Crippen molar-refractivity contribution in [2.24, 2.45) is 22.7 Å². The Bertz CT molecular complexity index is 1520. The van der Waals surface area contributed by atoms with E-state index in [4.69, 9.17) is 23.3 Å². The Hall–Kier alpha value is -3.21. The molecule has 0 aliphatic heterocycles. The smallest absolute Gasteiger partial charge is 0.307 e. The zero-order chi connectivity index (χ0) is 42.1. The third kappa shape index (κ3) is 17.1. The Labute approximate surface area is 336 Å². The SMILES string of the molecule is CC(C)(C)CC1CC(c2cc([C@@H](CCCO)CC(=O)OC(C)(C)C)on2)C1.COC(=O)CC[C@@H](CC(=O)OC(C)(C)C)c1cc(C2CC(CC(C)(C)C)C2)no1. The van der Waals surface area contributed by atoms with Crippen molar-refractivity contribution < 1.29 is 42.7 Å². The van der Waals surface area contributed by atoms with Gasteiger partial charge in [-0.15, -0.1) is 0 Å². The van der Waals surface area contributed by atoms with Gasteiger partial charge in [0.25, 0.3) is 0 Å². The molecule has 11 heteroatoms. The molecule has 0 bridgehead atoms. The van der Waals surface area contributed by atoms with Crippen LogP contribution in [0.4, 0.5) is 0 Å². The van der Waals surface area contributed by atoms with Gasteiger partial charge in [-0.2, -0.15) is 0 Å². The summed E-state index contributed by atoms with van der Waals surface area (Å²) in [4.78, 5) is 36.2. The van der Waals surface area contributed by atoms with E-state index in [-0.39, 0.29) is 55.6 Å². The van der Waals surface area contributed by atoms with Gasteiger partial charge in [0.15, 0.2) is 0 Å². The summed E-state index contributed by atoms with van der Waals surface area (Å²) >= 11 is 0. The van der Waals surface area contributed by atoms with E-state index in [9.17, 15) is 19.5 Å². The average Bonchev–Trinajstić information content (AvgIpc) is 3.68. The van der Waals surface area contributed by atoms with E-state index in [0.717, 1.165) is 54.7 Å². The maximum atomic E-state index is 12.3. The predicted molar refractivity (Wildman–Crippen MR) is 216 cm³/mol. The van der Waals surface area contributed by atoms with Crippen LogP contribution in [-0.4, -0.2) is 58.2 Å². The summed E-state index contributed by atoms with van der Waals surface area (Å²) in [5, 5.41) is 17.7. The lowest BCUT2D eigenvalue weighted by atomic mass is 9.67. The molecule has 2 aromatic heterocycles. The Kier molecular flexibility index (Phi) is 16.8. The molecule has 2 heterocycles. The molecule has 0 aromatic carbocycles. The number of carbonyl (C=O) groups is 3. The number of esters is 3. The van der Waals surface area contributed by atoms with Gasteiger partial charge in [0.2, 0.25) is 0 Å². The fourth-order valence-corrected chi connectivity index (χ4v) is 7.99. The molecular weight excluding hydrogens is 712 g/mol. The second-order valence-electron chi connectivity index (χ2n) is 20.9. The highest BCUT2D eigenvalue weighted by atomic mass is 16.6. The summed E-state index contributed by atoms with van der Waals surface area (Å²) in [5.74, 6) is 2.57. The van der Waals surface area contributed by atoms with Crippen LogP contribution in [0.3, 0.4) is 0 Å². The Morgan fingerprint density at radius 3 is 1.41 bits per heavy atom. The maximum Gasteiger partial charge on any atom is 0.307 e. The van der Waals surface area contributed by atoms with E-state index < -0.39 is 11.2 Å². The highest BCUT2D eigenvalue weighted by Gasteiger charge is 2.37. The molecule has 1 N–H and O–H groups in total. The molecule has 2 aliphatic rings. The van der Waals surface area contributed by atoms with Crippen LogP contribution < -0.4 is 0 Å². The van der Waals surface area contributed by atoms with Crippen LogP contribution in [0.5, 0.6) is 0 Å². The molecular formula is C45H74N2O9. The third-order valence-electron chi connectivity index (χ3n) is 10.3. The van der Waals surface area contributed by atoms with E-state index in [2.05, 4.69) is 51.9 Å². The number of ether oxygens (including phenoxy) is 3. The van der Waals surface area contributed by atoms with Gasteiger partial charge in [-0.1, -0.05) is 51.9 Å². The van der Waals surface area contributed by atoms with Gasteiger partial charge in [0.05, 0.1) is 31.3 Å². The van der Waals surface area contributed by atoms with Gasteiger partial charge in [0.1, 0.15) is 22.7 Å². The summed E-state index contributed by atoms with van der Waals surface area (Å²) in [5.41, 5.74) is 1.62. The molecule has 2 aliphatic carbocycles. The van der Waals surface area contributed by atoms with E-state index in [0.29, 0.717) is 47.7 Å². The van der Waals surface area contributed by atoms with Crippen LogP contribution in [0.2, 0.25) is 0 Å². The number of hydrogen-bond donors (Lipinski definition) is 1. The minimum absolute atomic E-state index is 0.0984. The van der Waals surface area contributed by atoms with Crippen LogP contribution in [0.1, 0.15) is 207 Å². The van der Waals surface area contributed by atoms with Gasteiger partial charge in [0, 0.05) is 48.8 Å². The molecule has 0 amide bonds. The first-order valence-electron chi connectivity index (χ1n) is 20.9. The zero-order valence-corrected chi connectivity index (χ0v) is 36.9. The molecule has 0 spiro atoms. The summed E-state index contributed by atoms with van der Waals surface area (Å²) in [7, 11) is 1.36. The van der Waals surface area contributed by atoms with Crippen molar-refractivity contribution in [1.29, 1.82) is 0 Å². The second-order valence-corrected chi connectivity index (χ2v) is 20.9. The third-order valence-corrected chi connectivity index (χ3v) is 10.3. The van der Waals surface area contributed by atoms with Crippen LogP contribution in [0.25, 0.3) is 0 Å². The first kappa shape index (κ1) is 47.2. The van der Waals surface area contributed by atoms with Gasteiger partial charge in [-0.05, 0) is 122 Å². The Morgan fingerprint density at radius 1 is 0.679 bits per heavy atom. The lowest BCUT2D eigenvalue weighted by Gasteiger charge is -2.38. The number of methoxy groups -OCH3 is 1. The molecule has 11 nitrogen and oxygen atoms in total. The number of carbonyl (C=O) groups excluding carboxylic acids is 3. The Morgan fingerprint density at radius 2 is 1.07 bits per heavy atom. The number of nitrogens with zero attached hydrogens (tertiary/aromatic N) is 2. The van der Waals surface area contributed by atoms with Crippen molar-refractivity contribution in [3.63, 3.8) is 0 Å². The number of hydrogen-bond acceptors (Lipinski definition) is 11. The van der Waals surface area contributed by atoms with Crippen molar-refractivity contribution in [1.82, 2.24) is 10.3 Å². The molecule has 0 saturated heterocycles. The maximum absolute atomic E-state index is 12.3. The van der Waals surface area contributed by atoms with E-state index in [1.165, 1.54) is 20.0 Å². The quantitative estimate of drug-likeness (QED) is 0.128. The average molecular weight is 787 g/mol. The molecule has 2 fully saturated rings. The van der Waals surface area contributed by atoms with Crippen molar-refractivity contribution in [2.75, 3.05) is 13.7 Å². The highest BCUT2D eigenvalue weighted by Crippen LogP contribution is 2.48. The highest BCUT2D eigenvalue weighted by molar-refractivity contribution is 5.72. The summed E-state index contributed by atoms with van der Waals surface area (Å²) < 4.78 is 26.9. The standard InChI is InChI=1S/C23H37NO5.C22H37NO4/c1-22(2,3)14-15-10-17(11-15)18-13-19(29-24-18)16(8-9-20(25)27-7)12-21(26)28-23(4,5)6;1-21(2,3)14-15-10-17(11-15)18-13-19(27-23-18)16(8-7-9-24)12-20(25)26-22(4,5)6/h13,15-17H,8-12,14H2,1-7H3;13,15-17,24H,7-12,14H2,1-6H3/t2*15?,16-,17?/m00/s1.